The SMILES string of the molecule is CCCNc1ccc(CN2CCC3(C=CC(=O)N3c3cccc(F)c3)CC2C)cn1. The maximum Gasteiger partial charge on any atom is 0.251 e. The van der Waals surface area contributed by atoms with Crippen LogP contribution in [-0.2, 0) is 11.3 Å². The van der Waals surface area contributed by atoms with Crippen LogP contribution in [0, 0.1) is 5.82 Å². The maximum absolute atomic E-state index is 13.8. The fourth-order valence-electron chi connectivity index (χ4n) is 4.59. The number of halogens is 1. The van der Waals surface area contributed by atoms with E-state index in [0.717, 1.165) is 44.7 Å². The molecule has 5 nitrogen and oxygen atoms in total. The fraction of sp³-hybridized carbons (Fsp3) is 0.417. The van der Waals surface area contributed by atoms with Crippen LogP contribution in [0.1, 0.15) is 38.7 Å². The number of anilines is 2. The van der Waals surface area contributed by atoms with Gasteiger partial charge in [-0.15, -0.1) is 0 Å². The lowest BCUT2D eigenvalue weighted by atomic mass is 9.82. The van der Waals surface area contributed by atoms with Crippen LogP contribution in [0.4, 0.5) is 15.9 Å². The number of amides is 1. The van der Waals surface area contributed by atoms with Crippen molar-refractivity contribution in [3.63, 3.8) is 0 Å². The largest absolute Gasteiger partial charge is 0.370 e. The van der Waals surface area contributed by atoms with Crippen molar-refractivity contribution in [2.24, 2.45) is 0 Å². The normalized spacial score (nSPS) is 24.0. The molecule has 2 unspecified atom stereocenters. The molecule has 0 aliphatic carbocycles. The standard InChI is InChI=1S/C24H29FN4O/c1-3-12-26-22-8-7-19(16-27-22)17-28-13-11-24(15-18(28)2)10-9-23(30)29(24)21-6-4-5-20(25)14-21/h4-10,14,16,18H,3,11-13,15,17H2,1-2H3,(H,26,27). The van der Waals surface area contributed by atoms with Crippen molar-refractivity contribution >= 4 is 17.4 Å². The summed E-state index contributed by atoms with van der Waals surface area (Å²) in [4.78, 5) is 21.4. The Morgan fingerprint density at radius 2 is 2.17 bits per heavy atom. The van der Waals surface area contributed by atoms with Crippen LogP contribution >= 0.6 is 0 Å². The lowest BCUT2D eigenvalue weighted by molar-refractivity contribution is -0.114. The molecule has 2 aliphatic heterocycles. The molecule has 0 radical (unpaired) electrons. The first-order chi connectivity index (χ1) is 14.5. The maximum atomic E-state index is 13.8. The summed E-state index contributed by atoms with van der Waals surface area (Å²) in [6, 6.07) is 10.8. The van der Waals surface area contributed by atoms with E-state index in [0.29, 0.717) is 5.69 Å². The van der Waals surface area contributed by atoms with E-state index in [9.17, 15) is 9.18 Å². The van der Waals surface area contributed by atoms with E-state index in [1.54, 1.807) is 17.0 Å². The molecule has 1 spiro atoms. The topological polar surface area (TPSA) is 48.5 Å². The Labute approximate surface area is 177 Å². The lowest BCUT2D eigenvalue weighted by Gasteiger charge is -2.47. The highest BCUT2D eigenvalue weighted by Crippen LogP contribution is 2.40. The predicted octanol–water partition coefficient (Wildman–Crippen LogP) is 4.37. The molecule has 3 heterocycles. The van der Waals surface area contributed by atoms with Crippen LogP contribution in [0.15, 0.2) is 54.7 Å². The van der Waals surface area contributed by atoms with Gasteiger partial charge in [-0.2, -0.15) is 0 Å². The van der Waals surface area contributed by atoms with Crippen molar-refractivity contribution in [2.45, 2.75) is 51.2 Å². The minimum absolute atomic E-state index is 0.0689. The predicted molar refractivity (Wildman–Crippen MR) is 118 cm³/mol. The second kappa shape index (κ2) is 8.56. The van der Waals surface area contributed by atoms with Crippen LogP contribution in [0.2, 0.25) is 0 Å². The van der Waals surface area contributed by atoms with Gasteiger partial charge in [-0.05, 0) is 56.0 Å². The summed E-state index contributed by atoms with van der Waals surface area (Å²) in [6.45, 7) is 6.95. The number of likely N-dealkylation sites (tertiary alicyclic amines) is 1. The molecule has 1 saturated heterocycles. The molecule has 2 atom stereocenters. The zero-order valence-electron chi connectivity index (χ0n) is 17.6. The fourth-order valence-corrected chi connectivity index (χ4v) is 4.59. The van der Waals surface area contributed by atoms with E-state index in [4.69, 9.17) is 0 Å². The molecule has 1 amide bonds. The van der Waals surface area contributed by atoms with Crippen LogP contribution in [0.25, 0.3) is 0 Å². The first kappa shape index (κ1) is 20.5. The van der Waals surface area contributed by atoms with E-state index in [-0.39, 0.29) is 23.3 Å². The molecule has 1 aromatic carbocycles. The van der Waals surface area contributed by atoms with Gasteiger partial charge >= 0.3 is 0 Å². The number of nitrogens with zero attached hydrogens (tertiary/aromatic N) is 3. The number of rotatable bonds is 6. The van der Waals surface area contributed by atoms with Gasteiger partial charge in [0.05, 0.1) is 5.54 Å². The summed E-state index contributed by atoms with van der Waals surface area (Å²) in [5.74, 6) is 0.518. The van der Waals surface area contributed by atoms with Crippen LogP contribution in [0.5, 0.6) is 0 Å². The average molecular weight is 409 g/mol. The van der Waals surface area contributed by atoms with E-state index >= 15 is 0 Å². The number of pyridine rings is 1. The van der Waals surface area contributed by atoms with Crippen LogP contribution < -0.4 is 10.2 Å². The number of benzene rings is 1. The highest BCUT2D eigenvalue weighted by molar-refractivity contribution is 6.06. The Bertz CT molecular complexity index is 929. The molecule has 2 aromatic rings. The summed E-state index contributed by atoms with van der Waals surface area (Å²) in [6.07, 6.45) is 8.30. The van der Waals surface area contributed by atoms with Gasteiger partial charge < -0.3 is 5.32 Å². The number of carbonyl (C=O) groups excluding carboxylic acids is 1. The van der Waals surface area contributed by atoms with Gasteiger partial charge in [0.1, 0.15) is 11.6 Å². The Kier molecular flexibility index (Phi) is 5.86. The number of hydrogen-bond donors (Lipinski definition) is 1. The van der Waals surface area contributed by atoms with E-state index in [1.807, 2.05) is 24.4 Å². The summed E-state index contributed by atoms with van der Waals surface area (Å²) in [5.41, 5.74) is 1.43. The molecule has 4 rings (SSSR count). The highest BCUT2D eigenvalue weighted by Gasteiger charge is 2.46. The first-order valence-electron chi connectivity index (χ1n) is 10.7. The van der Waals surface area contributed by atoms with Crippen molar-refractivity contribution in [3.05, 3.63) is 66.1 Å². The zero-order chi connectivity index (χ0) is 21.1. The van der Waals surface area contributed by atoms with Gasteiger partial charge in [-0.3, -0.25) is 14.6 Å². The summed E-state index contributed by atoms with van der Waals surface area (Å²) < 4.78 is 13.8. The number of nitrogens with one attached hydrogen (secondary N) is 1. The highest BCUT2D eigenvalue weighted by atomic mass is 19.1. The van der Waals surface area contributed by atoms with Crippen LogP contribution in [0.3, 0.4) is 0 Å². The molecule has 0 saturated carbocycles. The summed E-state index contributed by atoms with van der Waals surface area (Å²) in [5, 5.41) is 3.30. The minimum atomic E-state index is -0.382. The number of aromatic nitrogens is 1. The van der Waals surface area contributed by atoms with Crippen molar-refractivity contribution < 1.29 is 9.18 Å². The second-order valence-electron chi connectivity index (χ2n) is 8.34. The number of piperidine rings is 1. The lowest BCUT2D eigenvalue weighted by Crippen LogP contribution is -2.56. The third kappa shape index (κ3) is 4.10. The van der Waals surface area contributed by atoms with Gasteiger partial charge in [0.25, 0.3) is 5.91 Å². The molecule has 1 N–H and O–H groups in total. The van der Waals surface area contributed by atoms with Crippen molar-refractivity contribution in [1.82, 2.24) is 9.88 Å². The number of carbonyl (C=O) groups is 1. The Morgan fingerprint density at radius 3 is 2.87 bits per heavy atom. The van der Waals surface area contributed by atoms with E-state index in [1.165, 1.54) is 17.7 Å². The molecule has 30 heavy (non-hydrogen) atoms. The first-order valence-corrected chi connectivity index (χ1v) is 10.7. The third-order valence-electron chi connectivity index (χ3n) is 6.14. The minimum Gasteiger partial charge on any atom is -0.370 e. The quantitative estimate of drug-likeness (QED) is 0.771. The third-order valence-corrected chi connectivity index (χ3v) is 6.14. The molecule has 6 heteroatoms. The Balaban J connectivity index is 1.45. The number of hydrogen-bond acceptors (Lipinski definition) is 4. The van der Waals surface area contributed by atoms with Gasteiger partial charge in [0, 0.05) is 43.6 Å². The second-order valence-corrected chi connectivity index (χ2v) is 8.34. The van der Waals surface area contributed by atoms with Crippen molar-refractivity contribution in [1.29, 1.82) is 0 Å². The summed E-state index contributed by atoms with van der Waals surface area (Å²) in [7, 11) is 0. The molecular formula is C24H29FN4O. The van der Waals surface area contributed by atoms with Crippen molar-refractivity contribution in [2.75, 3.05) is 23.3 Å². The molecule has 2 aliphatic rings. The Morgan fingerprint density at radius 1 is 1.30 bits per heavy atom. The molecule has 1 aromatic heterocycles. The smallest absolute Gasteiger partial charge is 0.251 e. The molecule has 1 fully saturated rings. The summed E-state index contributed by atoms with van der Waals surface area (Å²) >= 11 is 0. The van der Waals surface area contributed by atoms with Gasteiger partial charge in [0.2, 0.25) is 0 Å². The average Bonchev–Trinajstić information content (AvgIpc) is 3.05. The zero-order valence-corrected chi connectivity index (χ0v) is 17.6. The van der Waals surface area contributed by atoms with E-state index < -0.39 is 0 Å². The molecular weight excluding hydrogens is 379 g/mol. The van der Waals surface area contributed by atoms with E-state index in [2.05, 4.69) is 35.1 Å². The molecule has 158 valence electrons. The van der Waals surface area contributed by atoms with Crippen LogP contribution in [-0.4, -0.2) is 40.5 Å². The monoisotopic (exact) mass is 408 g/mol. The Hall–Kier alpha value is -2.73. The van der Waals surface area contributed by atoms with Gasteiger partial charge in [-0.25, -0.2) is 9.37 Å². The van der Waals surface area contributed by atoms with Crippen molar-refractivity contribution in [3.8, 4) is 0 Å². The van der Waals surface area contributed by atoms with Gasteiger partial charge in [-0.1, -0.05) is 25.1 Å². The molecule has 0 bridgehead atoms. The van der Waals surface area contributed by atoms with Gasteiger partial charge in [0.15, 0.2) is 0 Å².